The van der Waals surface area contributed by atoms with Crippen LogP contribution in [0.5, 0.6) is 5.75 Å². The molecule has 1 aliphatic rings. The smallest absolute Gasteiger partial charge is 0.417 e. The largest absolute Gasteiger partial charge is 0.496 e. The van der Waals surface area contributed by atoms with Gasteiger partial charge in [-0.15, -0.1) is 0 Å². The highest BCUT2D eigenvalue weighted by Crippen LogP contribution is 2.55. The third-order valence-corrected chi connectivity index (χ3v) is 4.87. The summed E-state index contributed by atoms with van der Waals surface area (Å²) in [6.07, 6.45) is -10.2. The standard InChI is InChI=1S/C16H16F6O4/c1-6-9(12(14(23)24)26-15(6,2)16(20,21)22)7-4-5-8(17)10(13(18)19)11(7)25-3/h4-6,9,12-13H,1-3H3,(H,23,24)/t6-,9-,12+,15+/m0/s1. The highest BCUT2D eigenvalue weighted by Gasteiger charge is 2.66. The first-order valence-corrected chi connectivity index (χ1v) is 7.48. The summed E-state index contributed by atoms with van der Waals surface area (Å²) in [7, 11) is 0.948. The number of benzene rings is 1. The number of rotatable bonds is 4. The number of carboxylic acids is 1. The van der Waals surface area contributed by atoms with E-state index < -0.39 is 59.2 Å². The van der Waals surface area contributed by atoms with Gasteiger partial charge in [0, 0.05) is 17.4 Å². The normalized spacial score (nSPS) is 29.2. The van der Waals surface area contributed by atoms with Gasteiger partial charge in [-0.3, -0.25) is 0 Å². The van der Waals surface area contributed by atoms with Crippen LogP contribution in [0.4, 0.5) is 26.3 Å². The minimum atomic E-state index is -4.91. The van der Waals surface area contributed by atoms with Crippen molar-refractivity contribution < 1.29 is 45.7 Å². The first-order chi connectivity index (χ1) is 11.9. The molecule has 1 aromatic carbocycles. The summed E-state index contributed by atoms with van der Waals surface area (Å²) in [5, 5.41) is 9.30. The van der Waals surface area contributed by atoms with Crippen LogP contribution in [0.15, 0.2) is 12.1 Å². The molecule has 1 aromatic rings. The van der Waals surface area contributed by atoms with Crippen LogP contribution in [0.1, 0.15) is 37.3 Å². The van der Waals surface area contributed by atoms with Gasteiger partial charge in [0.25, 0.3) is 6.43 Å². The van der Waals surface area contributed by atoms with E-state index in [-0.39, 0.29) is 5.56 Å². The Morgan fingerprint density at radius 2 is 1.92 bits per heavy atom. The zero-order valence-electron chi connectivity index (χ0n) is 13.9. The highest BCUT2D eigenvalue weighted by atomic mass is 19.4. The van der Waals surface area contributed by atoms with Crippen LogP contribution in [0, 0.1) is 11.7 Å². The molecule has 146 valence electrons. The fraction of sp³-hybridized carbons (Fsp3) is 0.562. The van der Waals surface area contributed by atoms with Crippen molar-refractivity contribution in [1.82, 2.24) is 0 Å². The summed E-state index contributed by atoms with van der Waals surface area (Å²) in [6.45, 7) is 1.80. The van der Waals surface area contributed by atoms with Gasteiger partial charge in [-0.2, -0.15) is 13.2 Å². The van der Waals surface area contributed by atoms with Gasteiger partial charge < -0.3 is 14.6 Å². The molecule has 0 spiro atoms. The van der Waals surface area contributed by atoms with Gasteiger partial charge in [-0.25, -0.2) is 18.0 Å². The van der Waals surface area contributed by atoms with Crippen molar-refractivity contribution in [2.75, 3.05) is 7.11 Å². The van der Waals surface area contributed by atoms with Crippen LogP contribution in [0.3, 0.4) is 0 Å². The predicted molar refractivity (Wildman–Crippen MR) is 76.8 cm³/mol. The molecule has 0 aromatic heterocycles. The SMILES string of the molecule is COc1c([C@H]2[C@H](C(=O)O)O[C@@](C)(C(F)(F)F)[C@H]2C)ccc(F)c1C(F)F. The van der Waals surface area contributed by atoms with Crippen LogP contribution in [-0.2, 0) is 9.53 Å². The number of carbonyl (C=O) groups is 1. The lowest BCUT2D eigenvalue weighted by atomic mass is 9.76. The van der Waals surface area contributed by atoms with E-state index in [4.69, 9.17) is 9.47 Å². The molecule has 4 atom stereocenters. The third-order valence-electron chi connectivity index (χ3n) is 4.87. The summed E-state index contributed by atoms with van der Waals surface area (Å²) in [4.78, 5) is 11.5. The molecule has 10 heteroatoms. The number of hydrogen-bond donors (Lipinski definition) is 1. The van der Waals surface area contributed by atoms with E-state index in [1.165, 1.54) is 0 Å². The van der Waals surface area contributed by atoms with Crippen LogP contribution in [0.2, 0.25) is 0 Å². The Hall–Kier alpha value is -1.97. The number of ether oxygens (including phenoxy) is 2. The number of methoxy groups -OCH3 is 1. The van der Waals surface area contributed by atoms with Crippen molar-refractivity contribution in [3.63, 3.8) is 0 Å². The second-order valence-electron chi connectivity index (χ2n) is 6.18. The summed E-state index contributed by atoms with van der Waals surface area (Å²) < 4.78 is 90.1. The lowest BCUT2D eigenvalue weighted by Gasteiger charge is -2.32. The Morgan fingerprint density at radius 3 is 2.35 bits per heavy atom. The molecule has 26 heavy (non-hydrogen) atoms. The van der Waals surface area contributed by atoms with Crippen molar-refractivity contribution >= 4 is 5.97 Å². The second-order valence-corrected chi connectivity index (χ2v) is 6.18. The van der Waals surface area contributed by atoms with Crippen LogP contribution >= 0.6 is 0 Å². The van der Waals surface area contributed by atoms with Crippen molar-refractivity contribution in [3.8, 4) is 5.75 Å². The van der Waals surface area contributed by atoms with E-state index in [2.05, 4.69) is 0 Å². The average molecular weight is 386 g/mol. The molecular formula is C16H16F6O4. The van der Waals surface area contributed by atoms with Crippen LogP contribution in [-0.4, -0.2) is 36.1 Å². The van der Waals surface area contributed by atoms with Gasteiger partial charge in [0.15, 0.2) is 11.7 Å². The monoisotopic (exact) mass is 386 g/mol. The van der Waals surface area contributed by atoms with Gasteiger partial charge in [0.1, 0.15) is 11.6 Å². The van der Waals surface area contributed by atoms with Crippen molar-refractivity contribution in [2.45, 2.75) is 44.1 Å². The van der Waals surface area contributed by atoms with E-state index in [1.54, 1.807) is 0 Å². The Labute approximate surface area is 144 Å². The number of hydrogen-bond acceptors (Lipinski definition) is 3. The maximum Gasteiger partial charge on any atom is 0.417 e. The lowest BCUT2D eigenvalue weighted by molar-refractivity contribution is -0.273. The maximum atomic E-state index is 13.8. The predicted octanol–water partition coefficient (Wildman–Crippen LogP) is 4.30. The molecular weight excluding hydrogens is 370 g/mol. The van der Waals surface area contributed by atoms with E-state index in [9.17, 15) is 36.2 Å². The molecule has 1 N–H and O–H groups in total. The number of carboxylic acid groups (broad SMARTS) is 1. The zero-order valence-corrected chi connectivity index (χ0v) is 13.9. The average Bonchev–Trinajstić information content (AvgIpc) is 2.79. The number of halogens is 6. The van der Waals surface area contributed by atoms with E-state index in [0.717, 1.165) is 20.1 Å². The highest BCUT2D eigenvalue weighted by molar-refractivity contribution is 5.75. The lowest BCUT2D eigenvalue weighted by Crippen LogP contribution is -2.47. The van der Waals surface area contributed by atoms with Crippen LogP contribution < -0.4 is 4.74 Å². The van der Waals surface area contributed by atoms with E-state index in [0.29, 0.717) is 13.0 Å². The fourth-order valence-electron chi connectivity index (χ4n) is 3.30. The molecule has 0 unspecified atom stereocenters. The maximum absolute atomic E-state index is 13.8. The number of aliphatic carboxylic acids is 1. The van der Waals surface area contributed by atoms with Crippen molar-refractivity contribution in [1.29, 1.82) is 0 Å². The topological polar surface area (TPSA) is 55.8 Å². The molecule has 0 aliphatic carbocycles. The second kappa shape index (κ2) is 6.64. The number of alkyl halides is 5. The summed E-state index contributed by atoms with van der Waals surface area (Å²) in [6, 6.07) is 1.59. The molecule has 0 bridgehead atoms. The van der Waals surface area contributed by atoms with Gasteiger partial charge >= 0.3 is 12.1 Å². The molecule has 0 radical (unpaired) electrons. The molecule has 1 fully saturated rings. The summed E-state index contributed by atoms with van der Waals surface area (Å²) >= 11 is 0. The molecule has 1 heterocycles. The molecule has 2 rings (SSSR count). The van der Waals surface area contributed by atoms with Gasteiger partial charge in [-0.1, -0.05) is 13.0 Å². The molecule has 1 aliphatic heterocycles. The minimum absolute atomic E-state index is 0.280. The fourth-order valence-corrected chi connectivity index (χ4v) is 3.30. The first-order valence-electron chi connectivity index (χ1n) is 7.48. The van der Waals surface area contributed by atoms with Gasteiger partial charge in [0.05, 0.1) is 12.7 Å². The summed E-state index contributed by atoms with van der Waals surface area (Å²) in [5.41, 5.74) is -4.25. The quantitative estimate of drug-likeness (QED) is 0.785. The third kappa shape index (κ3) is 3.00. The summed E-state index contributed by atoms with van der Waals surface area (Å²) in [5.74, 6) is -6.63. The van der Waals surface area contributed by atoms with Crippen LogP contribution in [0.25, 0.3) is 0 Å². The van der Waals surface area contributed by atoms with Crippen molar-refractivity contribution in [3.05, 3.63) is 29.1 Å². The Morgan fingerprint density at radius 1 is 1.35 bits per heavy atom. The minimum Gasteiger partial charge on any atom is -0.496 e. The van der Waals surface area contributed by atoms with Gasteiger partial charge in [-0.05, 0) is 13.0 Å². The molecule has 0 amide bonds. The van der Waals surface area contributed by atoms with E-state index in [1.807, 2.05) is 0 Å². The zero-order chi connectivity index (χ0) is 20.0. The first kappa shape index (κ1) is 20.3. The van der Waals surface area contributed by atoms with Crippen molar-refractivity contribution in [2.24, 2.45) is 5.92 Å². The molecule has 0 saturated carbocycles. The molecule has 1 saturated heterocycles. The molecule has 4 nitrogen and oxygen atoms in total. The Balaban J connectivity index is 2.69. The Bertz CT molecular complexity index is 705. The van der Waals surface area contributed by atoms with Gasteiger partial charge in [0.2, 0.25) is 0 Å². The Kier molecular flexibility index (Phi) is 5.19. The van der Waals surface area contributed by atoms with E-state index >= 15 is 0 Å².